The SMILES string of the molecule is COc1cccc(C=C(C(=O)Nc2ccccc2[N+](=O)[O-])C(=O)Nc2ccccc2[N+](=O)[O-])c1OC. The molecule has 12 nitrogen and oxygen atoms in total. The Balaban J connectivity index is 2.09. The van der Waals surface area contributed by atoms with Gasteiger partial charge in [-0.2, -0.15) is 0 Å². The molecule has 3 aromatic rings. The number of hydrogen-bond donors (Lipinski definition) is 2. The van der Waals surface area contributed by atoms with Gasteiger partial charge in [-0.25, -0.2) is 0 Å². The molecule has 0 radical (unpaired) electrons. The van der Waals surface area contributed by atoms with Crippen molar-refractivity contribution in [3.63, 3.8) is 0 Å². The molecule has 0 saturated heterocycles. The summed E-state index contributed by atoms with van der Waals surface area (Å²) in [7, 11) is 2.78. The number of nitro benzene ring substituents is 2. The summed E-state index contributed by atoms with van der Waals surface area (Å²) in [6, 6.07) is 15.6. The van der Waals surface area contributed by atoms with Crippen molar-refractivity contribution in [2.45, 2.75) is 0 Å². The molecule has 0 bridgehead atoms. The fraction of sp³-hybridized carbons (Fsp3) is 0.0833. The lowest BCUT2D eigenvalue weighted by atomic mass is 10.1. The van der Waals surface area contributed by atoms with Crippen molar-refractivity contribution in [1.82, 2.24) is 0 Å². The zero-order valence-corrected chi connectivity index (χ0v) is 19.1. The van der Waals surface area contributed by atoms with Crippen LogP contribution in [-0.4, -0.2) is 35.9 Å². The van der Waals surface area contributed by atoms with Crippen molar-refractivity contribution in [2.75, 3.05) is 24.9 Å². The monoisotopic (exact) mass is 492 g/mol. The Bertz CT molecular complexity index is 1300. The van der Waals surface area contributed by atoms with Crippen LogP contribution in [0.3, 0.4) is 0 Å². The number of para-hydroxylation sites is 5. The number of methoxy groups -OCH3 is 2. The van der Waals surface area contributed by atoms with Crippen LogP contribution in [0.2, 0.25) is 0 Å². The smallest absolute Gasteiger partial charge is 0.292 e. The number of nitrogens with one attached hydrogen (secondary N) is 2. The average Bonchev–Trinajstić information content (AvgIpc) is 2.87. The van der Waals surface area contributed by atoms with Gasteiger partial charge >= 0.3 is 0 Å². The van der Waals surface area contributed by atoms with Crippen LogP contribution in [-0.2, 0) is 9.59 Å². The number of hydrogen-bond acceptors (Lipinski definition) is 8. The van der Waals surface area contributed by atoms with Gasteiger partial charge in [0.15, 0.2) is 11.5 Å². The Morgan fingerprint density at radius 2 is 1.25 bits per heavy atom. The van der Waals surface area contributed by atoms with Crippen molar-refractivity contribution in [3.05, 3.63) is 98.1 Å². The van der Waals surface area contributed by atoms with Gasteiger partial charge in [0.2, 0.25) is 0 Å². The van der Waals surface area contributed by atoms with Crippen LogP contribution >= 0.6 is 0 Å². The third kappa shape index (κ3) is 5.62. The first kappa shape index (κ1) is 25.4. The Labute approximate surface area is 204 Å². The predicted molar refractivity (Wildman–Crippen MR) is 131 cm³/mol. The zero-order chi connectivity index (χ0) is 26.2. The summed E-state index contributed by atoms with van der Waals surface area (Å²) in [6.45, 7) is 0. The van der Waals surface area contributed by atoms with Crippen LogP contribution in [0.4, 0.5) is 22.7 Å². The Morgan fingerprint density at radius 3 is 1.69 bits per heavy atom. The fourth-order valence-corrected chi connectivity index (χ4v) is 3.27. The molecule has 2 N–H and O–H groups in total. The van der Waals surface area contributed by atoms with Gasteiger partial charge in [0.05, 0.1) is 24.1 Å². The first-order chi connectivity index (χ1) is 17.3. The van der Waals surface area contributed by atoms with Crippen LogP contribution in [0.25, 0.3) is 6.08 Å². The van der Waals surface area contributed by atoms with Crippen molar-refractivity contribution in [3.8, 4) is 11.5 Å². The molecule has 0 aromatic heterocycles. The summed E-state index contributed by atoms with van der Waals surface area (Å²) in [5, 5.41) is 27.5. The van der Waals surface area contributed by atoms with Gasteiger partial charge < -0.3 is 20.1 Å². The predicted octanol–water partition coefficient (Wildman–Crippen LogP) is 4.18. The van der Waals surface area contributed by atoms with Gasteiger partial charge in [-0.05, 0) is 24.3 Å². The maximum Gasteiger partial charge on any atom is 0.292 e. The summed E-state index contributed by atoms with van der Waals surface area (Å²) in [5.41, 5.74) is -1.28. The second-order valence-corrected chi connectivity index (χ2v) is 7.10. The molecule has 3 rings (SSSR count). The summed E-state index contributed by atoms with van der Waals surface area (Å²) < 4.78 is 10.6. The number of rotatable bonds is 9. The number of benzene rings is 3. The summed E-state index contributed by atoms with van der Waals surface area (Å²) in [6.07, 6.45) is 1.19. The Morgan fingerprint density at radius 1 is 0.750 bits per heavy atom. The van der Waals surface area contributed by atoms with Crippen LogP contribution in [0.1, 0.15) is 5.56 Å². The lowest BCUT2D eigenvalue weighted by molar-refractivity contribution is -0.384. The van der Waals surface area contributed by atoms with Crippen molar-refractivity contribution >= 4 is 40.6 Å². The van der Waals surface area contributed by atoms with Gasteiger partial charge in [-0.1, -0.05) is 36.4 Å². The third-order valence-corrected chi connectivity index (χ3v) is 4.92. The first-order valence-electron chi connectivity index (χ1n) is 10.3. The highest BCUT2D eigenvalue weighted by molar-refractivity contribution is 6.29. The standard InChI is InChI=1S/C24H20N4O8/c1-35-21-13-7-8-15(22(21)36-2)14-16(23(29)25-17-9-3-5-11-19(17)27(31)32)24(30)26-18-10-4-6-12-20(18)28(33)34/h3-14H,1-2H3,(H,25,29)(H,26,30). The molecule has 184 valence electrons. The number of carbonyl (C=O) groups is 2. The Hall–Kier alpha value is -5.26. The largest absolute Gasteiger partial charge is 0.493 e. The van der Waals surface area contributed by atoms with E-state index in [0.717, 1.165) is 0 Å². The molecule has 0 aliphatic rings. The molecule has 0 aliphatic heterocycles. The number of nitrogens with zero attached hydrogens (tertiary/aromatic N) is 2. The highest BCUT2D eigenvalue weighted by atomic mass is 16.6. The second kappa shape index (κ2) is 11.2. The molecule has 36 heavy (non-hydrogen) atoms. The molecule has 0 spiro atoms. The zero-order valence-electron chi connectivity index (χ0n) is 19.1. The van der Waals surface area contributed by atoms with Crippen LogP contribution in [0.15, 0.2) is 72.3 Å². The van der Waals surface area contributed by atoms with E-state index in [1.54, 1.807) is 18.2 Å². The molecule has 0 heterocycles. The summed E-state index contributed by atoms with van der Waals surface area (Å²) in [4.78, 5) is 47.8. The fourth-order valence-electron chi connectivity index (χ4n) is 3.27. The van der Waals surface area contributed by atoms with Crippen molar-refractivity contribution < 1.29 is 28.9 Å². The van der Waals surface area contributed by atoms with E-state index in [2.05, 4.69) is 10.6 Å². The molecule has 0 unspecified atom stereocenters. The van der Waals surface area contributed by atoms with E-state index in [0.29, 0.717) is 5.75 Å². The van der Waals surface area contributed by atoms with Crippen LogP contribution in [0, 0.1) is 20.2 Å². The lowest BCUT2D eigenvalue weighted by Crippen LogP contribution is -2.26. The topological polar surface area (TPSA) is 163 Å². The quantitative estimate of drug-likeness (QED) is 0.148. The Kier molecular flexibility index (Phi) is 7.92. The molecule has 0 atom stereocenters. The maximum absolute atomic E-state index is 13.2. The van der Waals surface area contributed by atoms with Gasteiger partial charge in [-0.15, -0.1) is 0 Å². The second-order valence-electron chi connectivity index (χ2n) is 7.10. The van der Waals surface area contributed by atoms with E-state index in [-0.39, 0.29) is 34.1 Å². The minimum Gasteiger partial charge on any atom is -0.493 e. The average molecular weight is 492 g/mol. The van der Waals surface area contributed by atoms with Crippen LogP contribution < -0.4 is 20.1 Å². The minimum absolute atomic E-state index is 0.144. The van der Waals surface area contributed by atoms with Gasteiger partial charge in [0.25, 0.3) is 23.2 Å². The molecule has 12 heteroatoms. The normalized spacial score (nSPS) is 10.1. The number of amides is 2. The van der Waals surface area contributed by atoms with Crippen molar-refractivity contribution in [1.29, 1.82) is 0 Å². The molecule has 0 aliphatic carbocycles. The highest BCUT2D eigenvalue weighted by Crippen LogP contribution is 2.33. The van der Waals surface area contributed by atoms with E-state index < -0.39 is 27.2 Å². The van der Waals surface area contributed by atoms with Gasteiger partial charge in [0.1, 0.15) is 16.9 Å². The number of carbonyl (C=O) groups excluding carboxylic acids is 2. The van der Waals surface area contributed by atoms with E-state index in [1.807, 2.05) is 0 Å². The number of ether oxygens (including phenoxy) is 2. The minimum atomic E-state index is -0.995. The lowest BCUT2D eigenvalue weighted by Gasteiger charge is -2.13. The summed E-state index contributed by atoms with van der Waals surface area (Å²) >= 11 is 0. The molecule has 0 fully saturated rings. The molecule has 0 saturated carbocycles. The number of anilines is 2. The molecule has 2 amide bonds. The molecule has 3 aromatic carbocycles. The van der Waals surface area contributed by atoms with E-state index >= 15 is 0 Å². The summed E-state index contributed by atoms with van der Waals surface area (Å²) in [5.74, 6) is -1.45. The van der Waals surface area contributed by atoms with E-state index in [1.165, 1.54) is 68.8 Å². The van der Waals surface area contributed by atoms with Crippen LogP contribution in [0.5, 0.6) is 11.5 Å². The number of nitro groups is 2. The van der Waals surface area contributed by atoms with Gasteiger partial charge in [0, 0.05) is 17.7 Å². The third-order valence-electron chi connectivity index (χ3n) is 4.92. The maximum atomic E-state index is 13.2. The first-order valence-corrected chi connectivity index (χ1v) is 10.3. The van der Waals surface area contributed by atoms with Gasteiger partial charge in [-0.3, -0.25) is 29.8 Å². The van der Waals surface area contributed by atoms with E-state index in [4.69, 9.17) is 9.47 Å². The highest BCUT2D eigenvalue weighted by Gasteiger charge is 2.25. The van der Waals surface area contributed by atoms with Crippen molar-refractivity contribution in [2.24, 2.45) is 0 Å². The molecular formula is C24H20N4O8. The molecular weight excluding hydrogens is 472 g/mol. The van der Waals surface area contributed by atoms with E-state index in [9.17, 15) is 29.8 Å².